The van der Waals surface area contributed by atoms with Crippen LogP contribution in [0.5, 0.6) is 0 Å². The predicted octanol–water partition coefficient (Wildman–Crippen LogP) is 1.87. The maximum absolute atomic E-state index is 5.25. The standard InChI is InChI=1S/C7H10O/c1-3-7-5-4-6(2)8-7/h3-4,7H,1,5H2,2H3. The Hall–Kier alpha value is -0.720. The molecule has 0 amide bonds. The molecule has 1 unspecified atom stereocenters. The van der Waals surface area contributed by atoms with Crippen molar-refractivity contribution in [2.75, 3.05) is 0 Å². The molecule has 0 N–H and O–H groups in total. The van der Waals surface area contributed by atoms with Gasteiger partial charge in [-0.25, -0.2) is 0 Å². The third kappa shape index (κ3) is 0.915. The van der Waals surface area contributed by atoms with E-state index in [2.05, 4.69) is 12.7 Å². The highest BCUT2D eigenvalue weighted by Gasteiger charge is 2.09. The van der Waals surface area contributed by atoms with Crippen LogP contribution in [0.3, 0.4) is 0 Å². The highest BCUT2D eigenvalue weighted by Crippen LogP contribution is 2.15. The van der Waals surface area contributed by atoms with Crippen LogP contribution in [0, 0.1) is 0 Å². The van der Waals surface area contributed by atoms with Gasteiger partial charge < -0.3 is 4.74 Å². The normalized spacial score (nSPS) is 26.6. The van der Waals surface area contributed by atoms with E-state index in [0.717, 1.165) is 12.2 Å². The monoisotopic (exact) mass is 110 g/mol. The predicted molar refractivity (Wildman–Crippen MR) is 33.4 cm³/mol. The minimum atomic E-state index is 0.245. The van der Waals surface area contributed by atoms with Gasteiger partial charge in [0.05, 0.1) is 5.76 Å². The lowest BCUT2D eigenvalue weighted by Gasteiger charge is -2.03. The summed E-state index contributed by atoms with van der Waals surface area (Å²) in [7, 11) is 0. The summed E-state index contributed by atoms with van der Waals surface area (Å²) in [6, 6.07) is 0. The van der Waals surface area contributed by atoms with E-state index in [1.165, 1.54) is 0 Å². The van der Waals surface area contributed by atoms with E-state index in [4.69, 9.17) is 4.74 Å². The Labute approximate surface area is 49.7 Å². The van der Waals surface area contributed by atoms with Crippen LogP contribution in [0.1, 0.15) is 13.3 Å². The summed E-state index contributed by atoms with van der Waals surface area (Å²) in [6.45, 7) is 5.58. The summed E-state index contributed by atoms with van der Waals surface area (Å²) < 4.78 is 5.25. The lowest BCUT2D eigenvalue weighted by atomic mass is 10.3. The van der Waals surface area contributed by atoms with Gasteiger partial charge in [-0.1, -0.05) is 12.7 Å². The molecule has 1 aliphatic rings. The summed E-state index contributed by atoms with van der Waals surface area (Å²) in [5.74, 6) is 1.02. The Morgan fingerprint density at radius 3 is 3.00 bits per heavy atom. The summed E-state index contributed by atoms with van der Waals surface area (Å²) >= 11 is 0. The Morgan fingerprint density at radius 2 is 2.75 bits per heavy atom. The largest absolute Gasteiger partial charge is 0.491 e. The minimum absolute atomic E-state index is 0.245. The van der Waals surface area contributed by atoms with E-state index in [0.29, 0.717) is 0 Å². The van der Waals surface area contributed by atoms with Crippen molar-refractivity contribution in [1.29, 1.82) is 0 Å². The summed E-state index contributed by atoms with van der Waals surface area (Å²) in [5, 5.41) is 0. The molecule has 0 saturated heterocycles. The van der Waals surface area contributed by atoms with Gasteiger partial charge in [0.15, 0.2) is 0 Å². The van der Waals surface area contributed by atoms with Crippen molar-refractivity contribution in [3.63, 3.8) is 0 Å². The van der Waals surface area contributed by atoms with Crippen molar-refractivity contribution >= 4 is 0 Å². The molecule has 0 aliphatic carbocycles. The Morgan fingerprint density at radius 1 is 2.00 bits per heavy atom. The third-order valence-electron chi connectivity index (χ3n) is 1.24. The van der Waals surface area contributed by atoms with Crippen LogP contribution in [0.4, 0.5) is 0 Å². The van der Waals surface area contributed by atoms with Gasteiger partial charge in [-0.2, -0.15) is 0 Å². The Balaban J connectivity index is 2.43. The quantitative estimate of drug-likeness (QED) is 0.468. The first kappa shape index (κ1) is 5.42. The van der Waals surface area contributed by atoms with Crippen molar-refractivity contribution in [1.82, 2.24) is 0 Å². The molecular weight excluding hydrogens is 100 g/mol. The molecule has 0 spiro atoms. The second-order valence-corrected chi connectivity index (χ2v) is 1.94. The van der Waals surface area contributed by atoms with Gasteiger partial charge in [-0.3, -0.25) is 0 Å². The number of allylic oxidation sites excluding steroid dienone is 1. The first-order valence-electron chi connectivity index (χ1n) is 2.79. The average molecular weight is 110 g/mol. The second kappa shape index (κ2) is 2.03. The van der Waals surface area contributed by atoms with Gasteiger partial charge in [-0.15, -0.1) is 0 Å². The molecular formula is C7H10O. The summed E-state index contributed by atoms with van der Waals surface area (Å²) in [4.78, 5) is 0. The van der Waals surface area contributed by atoms with E-state index in [-0.39, 0.29) is 6.10 Å². The smallest absolute Gasteiger partial charge is 0.120 e. The first-order valence-corrected chi connectivity index (χ1v) is 2.79. The molecule has 1 atom stereocenters. The maximum atomic E-state index is 5.25. The molecule has 1 rings (SSSR count). The fourth-order valence-electron chi connectivity index (χ4n) is 0.761. The molecule has 0 fully saturated rings. The molecule has 1 aliphatic heterocycles. The van der Waals surface area contributed by atoms with E-state index in [1.807, 2.05) is 13.0 Å². The first-order chi connectivity index (χ1) is 3.83. The topological polar surface area (TPSA) is 9.23 Å². The van der Waals surface area contributed by atoms with Gasteiger partial charge in [0.2, 0.25) is 0 Å². The molecule has 0 bridgehead atoms. The zero-order valence-electron chi connectivity index (χ0n) is 5.05. The van der Waals surface area contributed by atoms with Crippen molar-refractivity contribution in [3.8, 4) is 0 Å². The number of hydrogen-bond donors (Lipinski definition) is 0. The van der Waals surface area contributed by atoms with Crippen LogP contribution in [-0.2, 0) is 4.74 Å². The third-order valence-corrected chi connectivity index (χ3v) is 1.24. The lowest BCUT2D eigenvalue weighted by Crippen LogP contribution is -1.98. The molecule has 0 aromatic heterocycles. The van der Waals surface area contributed by atoms with Crippen LogP contribution in [0.25, 0.3) is 0 Å². The van der Waals surface area contributed by atoms with Crippen molar-refractivity contribution in [2.45, 2.75) is 19.4 Å². The van der Waals surface area contributed by atoms with Gasteiger partial charge in [0.1, 0.15) is 6.10 Å². The summed E-state index contributed by atoms with van der Waals surface area (Å²) in [6.07, 6.45) is 5.14. The fourth-order valence-corrected chi connectivity index (χ4v) is 0.761. The molecule has 0 aromatic rings. The number of hydrogen-bond acceptors (Lipinski definition) is 1. The van der Waals surface area contributed by atoms with Crippen LogP contribution >= 0.6 is 0 Å². The molecule has 0 aromatic carbocycles. The fraction of sp³-hybridized carbons (Fsp3) is 0.429. The van der Waals surface area contributed by atoms with E-state index >= 15 is 0 Å². The van der Waals surface area contributed by atoms with Crippen molar-refractivity contribution in [2.24, 2.45) is 0 Å². The average Bonchev–Trinajstić information content (AvgIpc) is 2.14. The van der Waals surface area contributed by atoms with Crippen molar-refractivity contribution < 1.29 is 4.74 Å². The number of rotatable bonds is 1. The van der Waals surface area contributed by atoms with Crippen LogP contribution in [-0.4, -0.2) is 6.10 Å². The number of ether oxygens (including phenoxy) is 1. The van der Waals surface area contributed by atoms with E-state index in [1.54, 1.807) is 0 Å². The lowest BCUT2D eigenvalue weighted by molar-refractivity contribution is 0.185. The zero-order valence-corrected chi connectivity index (χ0v) is 5.05. The van der Waals surface area contributed by atoms with Crippen LogP contribution in [0.15, 0.2) is 24.5 Å². The van der Waals surface area contributed by atoms with Crippen LogP contribution < -0.4 is 0 Å². The highest BCUT2D eigenvalue weighted by atomic mass is 16.5. The molecule has 0 saturated carbocycles. The maximum Gasteiger partial charge on any atom is 0.120 e. The zero-order chi connectivity index (χ0) is 5.98. The van der Waals surface area contributed by atoms with Crippen LogP contribution in [0.2, 0.25) is 0 Å². The molecule has 44 valence electrons. The molecule has 1 nitrogen and oxygen atoms in total. The summed E-state index contributed by atoms with van der Waals surface area (Å²) in [5.41, 5.74) is 0. The SMILES string of the molecule is C=CC1CC=C(C)O1. The van der Waals surface area contributed by atoms with E-state index in [9.17, 15) is 0 Å². The van der Waals surface area contributed by atoms with Gasteiger partial charge in [-0.05, 0) is 13.0 Å². The minimum Gasteiger partial charge on any atom is -0.491 e. The molecule has 8 heavy (non-hydrogen) atoms. The molecule has 1 heteroatoms. The van der Waals surface area contributed by atoms with Gasteiger partial charge >= 0.3 is 0 Å². The molecule has 0 radical (unpaired) electrons. The molecule has 1 heterocycles. The van der Waals surface area contributed by atoms with Gasteiger partial charge in [0.25, 0.3) is 0 Å². The second-order valence-electron chi connectivity index (χ2n) is 1.94. The Bertz CT molecular complexity index is 124. The Kier molecular flexibility index (Phi) is 1.38. The highest BCUT2D eigenvalue weighted by molar-refractivity contribution is 5.02. The van der Waals surface area contributed by atoms with E-state index < -0.39 is 0 Å². The van der Waals surface area contributed by atoms with Gasteiger partial charge in [0, 0.05) is 6.42 Å². The van der Waals surface area contributed by atoms with Crippen molar-refractivity contribution in [3.05, 3.63) is 24.5 Å².